The molecule has 1 aliphatic rings. The number of hydrogen-bond donors (Lipinski definition) is 2. The topological polar surface area (TPSA) is 101 Å². The molecule has 9 nitrogen and oxygen atoms in total. The second-order valence-corrected chi connectivity index (χ2v) is 6.34. The SMILES string of the molecule is CN=C(NCCNc1ccccc1[N+](=O)[O-])N1CCC(COCCOC)C1.I. The Hall–Kier alpha value is -1.66. The summed E-state index contributed by atoms with van der Waals surface area (Å²) in [5, 5.41) is 17.4. The number of nitrogens with zero attached hydrogens (tertiary/aromatic N) is 3. The van der Waals surface area contributed by atoms with Crippen LogP contribution in [0.15, 0.2) is 29.3 Å². The van der Waals surface area contributed by atoms with Gasteiger partial charge in [-0.15, -0.1) is 24.0 Å². The van der Waals surface area contributed by atoms with Crippen LogP contribution in [0.4, 0.5) is 11.4 Å². The Morgan fingerprint density at radius 3 is 2.86 bits per heavy atom. The normalized spacial score (nSPS) is 16.6. The van der Waals surface area contributed by atoms with Crippen molar-refractivity contribution >= 4 is 41.3 Å². The Morgan fingerprint density at radius 1 is 1.36 bits per heavy atom. The first-order chi connectivity index (χ1) is 13.2. The fraction of sp³-hybridized carbons (Fsp3) is 0.611. The third-order valence-electron chi connectivity index (χ3n) is 4.41. The van der Waals surface area contributed by atoms with Crippen molar-refractivity contribution in [3.8, 4) is 0 Å². The monoisotopic (exact) mass is 507 g/mol. The summed E-state index contributed by atoms with van der Waals surface area (Å²) in [6.45, 7) is 4.99. The number of methoxy groups -OCH3 is 1. The van der Waals surface area contributed by atoms with Crippen molar-refractivity contribution in [2.24, 2.45) is 10.9 Å². The molecule has 0 saturated carbocycles. The maximum Gasteiger partial charge on any atom is 0.292 e. The van der Waals surface area contributed by atoms with Crippen molar-refractivity contribution in [3.63, 3.8) is 0 Å². The minimum atomic E-state index is -0.381. The number of nitro groups is 1. The highest BCUT2D eigenvalue weighted by Crippen LogP contribution is 2.22. The fourth-order valence-corrected chi connectivity index (χ4v) is 3.04. The average Bonchev–Trinajstić information content (AvgIpc) is 3.14. The molecule has 1 heterocycles. The number of aliphatic imine (C=N–C) groups is 1. The Bertz CT molecular complexity index is 632. The number of anilines is 1. The third-order valence-corrected chi connectivity index (χ3v) is 4.41. The zero-order valence-electron chi connectivity index (χ0n) is 16.4. The van der Waals surface area contributed by atoms with Crippen LogP contribution < -0.4 is 10.6 Å². The van der Waals surface area contributed by atoms with E-state index in [9.17, 15) is 10.1 Å². The van der Waals surface area contributed by atoms with Gasteiger partial charge >= 0.3 is 0 Å². The van der Waals surface area contributed by atoms with Crippen LogP contribution in [0.1, 0.15) is 6.42 Å². The van der Waals surface area contributed by atoms with Gasteiger partial charge in [0, 0.05) is 52.3 Å². The van der Waals surface area contributed by atoms with E-state index in [1.807, 2.05) is 0 Å². The molecule has 1 fully saturated rings. The highest BCUT2D eigenvalue weighted by Gasteiger charge is 2.24. The summed E-state index contributed by atoms with van der Waals surface area (Å²) in [6, 6.07) is 6.64. The average molecular weight is 507 g/mol. The largest absolute Gasteiger partial charge is 0.382 e. The number of hydrogen-bond acceptors (Lipinski definition) is 6. The third kappa shape index (κ3) is 7.76. The lowest BCUT2D eigenvalue weighted by molar-refractivity contribution is -0.384. The molecule has 0 spiro atoms. The molecule has 10 heteroatoms. The lowest BCUT2D eigenvalue weighted by atomic mass is 10.1. The molecule has 2 N–H and O–H groups in total. The predicted octanol–water partition coefficient (Wildman–Crippen LogP) is 2.19. The molecule has 0 aliphatic carbocycles. The van der Waals surface area contributed by atoms with Crippen molar-refractivity contribution in [1.29, 1.82) is 0 Å². The van der Waals surface area contributed by atoms with Crippen LogP contribution in [0.5, 0.6) is 0 Å². The number of nitro benzene ring substituents is 1. The van der Waals surface area contributed by atoms with Crippen LogP contribution in [0, 0.1) is 16.0 Å². The van der Waals surface area contributed by atoms with Gasteiger partial charge in [0.25, 0.3) is 5.69 Å². The summed E-state index contributed by atoms with van der Waals surface area (Å²) in [5.74, 6) is 1.34. The molecular formula is C18H30IN5O4. The second-order valence-electron chi connectivity index (χ2n) is 6.34. The highest BCUT2D eigenvalue weighted by atomic mass is 127. The smallest absolute Gasteiger partial charge is 0.292 e. The van der Waals surface area contributed by atoms with Crippen molar-refractivity contribution in [3.05, 3.63) is 34.4 Å². The van der Waals surface area contributed by atoms with Crippen molar-refractivity contribution < 1.29 is 14.4 Å². The van der Waals surface area contributed by atoms with E-state index in [4.69, 9.17) is 9.47 Å². The summed E-state index contributed by atoms with van der Waals surface area (Å²) in [6.07, 6.45) is 1.07. The van der Waals surface area contributed by atoms with Gasteiger partial charge in [0.15, 0.2) is 5.96 Å². The minimum absolute atomic E-state index is 0. The van der Waals surface area contributed by atoms with Gasteiger partial charge in [-0.2, -0.15) is 0 Å². The predicted molar refractivity (Wildman–Crippen MR) is 121 cm³/mol. The maximum atomic E-state index is 11.0. The van der Waals surface area contributed by atoms with E-state index >= 15 is 0 Å². The van der Waals surface area contributed by atoms with Gasteiger partial charge in [-0.3, -0.25) is 15.1 Å². The van der Waals surface area contributed by atoms with Gasteiger partial charge in [0.2, 0.25) is 0 Å². The van der Waals surface area contributed by atoms with E-state index in [0.29, 0.717) is 37.9 Å². The second kappa shape index (κ2) is 13.5. The standard InChI is InChI=1S/C18H29N5O4.HI/c1-19-18(22-10-7-15(13-22)14-27-12-11-26-2)21-9-8-20-16-5-3-4-6-17(16)23(24)25;/h3-6,15,20H,7-14H2,1-2H3,(H,19,21);1H. The van der Waals surface area contributed by atoms with Gasteiger partial charge in [-0.05, 0) is 12.5 Å². The number of para-hydroxylation sites is 2. The van der Waals surface area contributed by atoms with Crippen LogP contribution in [-0.2, 0) is 9.47 Å². The Morgan fingerprint density at radius 2 is 2.14 bits per heavy atom. The molecule has 1 aliphatic heterocycles. The number of benzene rings is 1. The zero-order valence-corrected chi connectivity index (χ0v) is 18.8. The lowest BCUT2D eigenvalue weighted by Gasteiger charge is -2.22. The van der Waals surface area contributed by atoms with Crippen LogP contribution in [0.2, 0.25) is 0 Å². The van der Waals surface area contributed by atoms with Gasteiger partial charge in [0.05, 0.1) is 24.7 Å². The zero-order chi connectivity index (χ0) is 19.5. The van der Waals surface area contributed by atoms with Crippen LogP contribution in [0.3, 0.4) is 0 Å². The van der Waals surface area contributed by atoms with E-state index in [1.165, 1.54) is 6.07 Å². The molecule has 1 unspecified atom stereocenters. The number of nitrogens with one attached hydrogen (secondary N) is 2. The molecule has 1 aromatic rings. The van der Waals surface area contributed by atoms with Crippen molar-refractivity contribution in [2.45, 2.75) is 6.42 Å². The molecule has 28 heavy (non-hydrogen) atoms. The Balaban J connectivity index is 0.00000392. The lowest BCUT2D eigenvalue weighted by Crippen LogP contribution is -2.42. The number of guanidine groups is 1. The van der Waals surface area contributed by atoms with Gasteiger partial charge in [-0.25, -0.2) is 0 Å². The summed E-state index contributed by atoms with van der Waals surface area (Å²) < 4.78 is 10.6. The summed E-state index contributed by atoms with van der Waals surface area (Å²) in [4.78, 5) is 17.2. The Labute approximate surface area is 183 Å². The number of halogens is 1. The number of ether oxygens (including phenoxy) is 2. The molecule has 0 aromatic heterocycles. The van der Waals surface area contributed by atoms with Crippen LogP contribution in [-0.4, -0.2) is 75.9 Å². The quantitative estimate of drug-likeness (QED) is 0.125. The fourth-order valence-electron chi connectivity index (χ4n) is 3.04. The van der Waals surface area contributed by atoms with Crippen molar-refractivity contribution in [1.82, 2.24) is 10.2 Å². The molecule has 1 aromatic carbocycles. The van der Waals surface area contributed by atoms with E-state index in [0.717, 1.165) is 32.1 Å². The number of rotatable bonds is 10. The van der Waals surface area contributed by atoms with E-state index < -0.39 is 0 Å². The first-order valence-corrected chi connectivity index (χ1v) is 9.15. The number of likely N-dealkylation sites (tertiary alicyclic amines) is 1. The summed E-state index contributed by atoms with van der Waals surface area (Å²) in [7, 11) is 3.43. The molecule has 0 bridgehead atoms. The maximum absolute atomic E-state index is 11.0. The molecule has 2 rings (SSSR count). The first-order valence-electron chi connectivity index (χ1n) is 9.15. The van der Waals surface area contributed by atoms with Gasteiger partial charge in [-0.1, -0.05) is 12.1 Å². The molecule has 1 atom stereocenters. The minimum Gasteiger partial charge on any atom is -0.382 e. The molecular weight excluding hydrogens is 477 g/mol. The van der Waals surface area contributed by atoms with E-state index in [1.54, 1.807) is 32.4 Å². The highest BCUT2D eigenvalue weighted by molar-refractivity contribution is 14.0. The molecule has 0 amide bonds. The van der Waals surface area contributed by atoms with Crippen LogP contribution >= 0.6 is 24.0 Å². The van der Waals surface area contributed by atoms with E-state index in [2.05, 4.69) is 20.5 Å². The molecule has 1 saturated heterocycles. The summed E-state index contributed by atoms with van der Waals surface area (Å²) >= 11 is 0. The van der Waals surface area contributed by atoms with Gasteiger partial charge < -0.3 is 25.0 Å². The Kier molecular flexibility index (Phi) is 11.8. The molecule has 158 valence electrons. The van der Waals surface area contributed by atoms with E-state index in [-0.39, 0.29) is 34.6 Å². The van der Waals surface area contributed by atoms with Gasteiger partial charge in [0.1, 0.15) is 5.69 Å². The molecule has 0 radical (unpaired) electrons. The van der Waals surface area contributed by atoms with Crippen LogP contribution in [0.25, 0.3) is 0 Å². The first kappa shape index (κ1) is 24.4. The summed E-state index contributed by atoms with van der Waals surface area (Å²) in [5.41, 5.74) is 0.603. The van der Waals surface area contributed by atoms with Crippen molar-refractivity contribution in [2.75, 3.05) is 65.5 Å².